The van der Waals surface area contributed by atoms with Crippen LogP contribution in [0.15, 0.2) is 11.0 Å². The zero-order valence-corrected chi connectivity index (χ0v) is 14.2. The zero-order valence-electron chi connectivity index (χ0n) is 13.4. The lowest BCUT2D eigenvalue weighted by molar-refractivity contribution is 0.0683. The molecule has 2 aliphatic rings. The van der Waals surface area contributed by atoms with E-state index in [0.29, 0.717) is 18.2 Å². The molecule has 1 heterocycles. The molecule has 0 unspecified atom stereocenters. The molecule has 0 amide bonds. The van der Waals surface area contributed by atoms with Gasteiger partial charge in [-0.25, -0.2) is 17.9 Å². The number of hydrogen-bond acceptors (Lipinski definition) is 3. The Morgan fingerprint density at radius 1 is 1.26 bits per heavy atom. The van der Waals surface area contributed by atoms with E-state index in [-0.39, 0.29) is 16.6 Å². The second kappa shape index (κ2) is 6.28. The fourth-order valence-corrected chi connectivity index (χ4v) is 4.98. The minimum atomic E-state index is -3.64. The molecule has 128 valence electrons. The van der Waals surface area contributed by atoms with Crippen molar-refractivity contribution in [2.75, 3.05) is 0 Å². The van der Waals surface area contributed by atoms with Gasteiger partial charge in [-0.3, -0.25) is 0 Å². The van der Waals surface area contributed by atoms with E-state index in [9.17, 15) is 18.3 Å². The standard InChI is InChI=1S/C16H24N2O4S/c1-11-15(23(21,22)17-13-7-8-13)9-14(16(19)20)18(11)10-12-5-3-2-4-6-12/h9,12-13,17H,2-8,10H2,1H3,(H,19,20). The van der Waals surface area contributed by atoms with Gasteiger partial charge in [0.1, 0.15) is 10.6 Å². The molecule has 7 heteroatoms. The molecule has 2 fully saturated rings. The number of aromatic carboxylic acids is 1. The van der Waals surface area contributed by atoms with Crippen LogP contribution in [0.2, 0.25) is 0 Å². The lowest BCUT2D eigenvalue weighted by Crippen LogP contribution is -2.26. The number of carboxylic acids is 1. The molecule has 3 rings (SSSR count). The molecule has 23 heavy (non-hydrogen) atoms. The molecule has 2 N–H and O–H groups in total. The van der Waals surface area contributed by atoms with Crippen LogP contribution < -0.4 is 4.72 Å². The van der Waals surface area contributed by atoms with Crippen molar-refractivity contribution in [2.24, 2.45) is 5.92 Å². The maximum Gasteiger partial charge on any atom is 0.352 e. The third kappa shape index (κ3) is 3.61. The van der Waals surface area contributed by atoms with E-state index in [2.05, 4.69) is 4.72 Å². The van der Waals surface area contributed by atoms with Crippen LogP contribution >= 0.6 is 0 Å². The normalized spacial score (nSPS) is 19.9. The molecule has 0 bridgehead atoms. The summed E-state index contributed by atoms with van der Waals surface area (Å²) < 4.78 is 29.2. The molecule has 0 spiro atoms. The van der Waals surface area contributed by atoms with Gasteiger partial charge in [0.2, 0.25) is 10.0 Å². The fourth-order valence-electron chi connectivity index (χ4n) is 3.42. The first-order chi connectivity index (χ1) is 10.9. The number of rotatable bonds is 6. The van der Waals surface area contributed by atoms with Crippen LogP contribution in [0, 0.1) is 12.8 Å². The van der Waals surface area contributed by atoms with Crippen molar-refractivity contribution in [1.29, 1.82) is 0 Å². The number of carboxylic acid groups (broad SMARTS) is 1. The summed E-state index contributed by atoms with van der Waals surface area (Å²) in [6, 6.07) is 1.32. The first kappa shape index (κ1) is 16.5. The summed E-state index contributed by atoms with van der Waals surface area (Å²) in [5.74, 6) is -0.642. The van der Waals surface area contributed by atoms with Gasteiger partial charge in [-0.15, -0.1) is 0 Å². The van der Waals surface area contributed by atoms with Gasteiger partial charge in [0, 0.05) is 18.3 Å². The second-order valence-electron chi connectivity index (χ2n) is 6.79. The van der Waals surface area contributed by atoms with Gasteiger partial charge in [0.15, 0.2) is 0 Å². The molecule has 0 atom stereocenters. The lowest BCUT2D eigenvalue weighted by Gasteiger charge is -2.23. The number of hydrogen-bond donors (Lipinski definition) is 2. The lowest BCUT2D eigenvalue weighted by atomic mass is 9.89. The summed E-state index contributed by atoms with van der Waals surface area (Å²) >= 11 is 0. The van der Waals surface area contributed by atoms with Gasteiger partial charge < -0.3 is 9.67 Å². The molecule has 0 aliphatic heterocycles. The first-order valence-electron chi connectivity index (χ1n) is 8.34. The van der Waals surface area contributed by atoms with E-state index >= 15 is 0 Å². The van der Waals surface area contributed by atoms with Gasteiger partial charge in [-0.2, -0.15) is 0 Å². The monoisotopic (exact) mass is 340 g/mol. The van der Waals surface area contributed by atoms with Crippen LogP contribution in [0.1, 0.15) is 61.1 Å². The summed E-state index contributed by atoms with van der Waals surface area (Å²) in [5.41, 5.74) is 0.602. The smallest absolute Gasteiger partial charge is 0.352 e. The Kier molecular flexibility index (Phi) is 4.51. The van der Waals surface area contributed by atoms with E-state index < -0.39 is 16.0 Å². The van der Waals surface area contributed by atoms with Crippen molar-refractivity contribution in [3.8, 4) is 0 Å². The van der Waals surface area contributed by atoms with Gasteiger partial charge in [0.25, 0.3) is 0 Å². The van der Waals surface area contributed by atoms with Crippen LogP contribution in [0.4, 0.5) is 0 Å². The minimum absolute atomic E-state index is 0.00868. The third-order valence-corrected chi connectivity index (χ3v) is 6.53. The Morgan fingerprint density at radius 2 is 1.91 bits per heavy atom. The molecular weight excluding hydrogens is 316 g/mol. The molecule has 1 aromatic rings. The van der Waals surface area contributed by atoms with Crippen molar-refractivity contribution in [2.45, 2.75) is 69.4 Å². The number of nitrogens with one attached hydrogen (secondary N) is 1. The minimum Gasteiger partial charge on any atom is -0.477 e. The van der Waals surface area contributed by atoms with E-state index in [1.54, 1.807) is 11.5 Å². The highest BCUT2D eigenvalue weighted by molar-refractivity contribution is 7.89. The highest BCUT2D eigenvalue weighted by Gasteiger charge is 2.32. The Labute approximate surface area is 136 Å². The predicted molar refractivity (Wildman–Crippen MR) is 86.0 cm³/mol. The van der Waals surface area contributed by atoms with Crippen molar-refractivity contribution in [3.05, 3.63) is 17.5 Å². The average Bonchev–Trinajstić information content (AvgIpc) is 3.23. The molecule has 0 aromatic carbocycles. The summed E-state index contributed by atoms with van der Waals surface area (Å²) in [7, 11) is -3.64. The highest BCUT2D eigenvalue weighted by atomic mass is 32.2. The van der Waals surface area contributed by atoms with E-state index in [0.717, 1.165) is 25.7 Å². The van der Waals surface area contributed by atoms with Crippen LogP contribution in [0.5, 0.6) is 0 Å². The molecule has 1 aromatic heterocycles. The molecule has 2 saturated carbocycles. The zero-order chi connectivity index (χ0) is 16.6. The largest absolute Gasteiger partial charge is 0.477 e. The molecule has 0 saturated heterocycles. The predicted octanol–water partition coefficient (Wildman–Crippen LogP) is 2.52. The van der Waals surface area contributed by atoms with Gasteiger partial charge >= 0.3 is 5.97 Å². The maximum absolute atomic E-state index is 12.5. The molecular formula is C16H24N2O4S. The second-order valence-corrected chi connectivity index (χ2v) is 8.48. The SMILES string of the molecule is Cc1c(S(=O)(=O)NC2CC2)cc(C(=O)O)n1CC1CCCCC1. The number of sulfonamides is 1. The van der Waals surface area contributed by atoms with Crippen LogP contribution in [-0.4, -0.2) is 30.1 Å². The third-order valence-electron chi connectivity index (χ3n) is 4.89. The van der Waals surface area contributed by atoms with Crippen molar-refractivity contribution < 1.29 is 18.3 Å². The summed E-state index contributed by atoms with van der Waals surface area (Å²) in [6.07, 6.45) is 7.44. The number of carbonyl (C=O) groups is 1. The molecule has 6 nitrogen and oxygen atoms in total. The number of nitrogens with zero attached hydrogens (tertiary/aromatic N) is 1. The summed E-state index contributed by atoms with van der Waals surface area (Å²) in [4.78, 5) is 11.7. The van der Waals surface area contributed by atoms with Crippen molar-refractivity contribution in [1.82, 2.24) is 9.29 Å². The Morgan fingerprint density at radius 3 is 2.48 bits per heavy atom. The average molecular weight is 340 g/mol. The topological polar surface area (TPSA) is 88.4 Å². The van der Waals surface area contributed by atoms with Gasteiger partial charge in [-0.1, -0.05) is 19.3 Å². The van der Waals surface area contributed by atoms with E-state index in [4.69, 9.17) is 0 Å². The quantitative estimate of drug-likeness (QED) is 0.833. The van der Waals surface area contributed by atoms with Crippen LogP contribution in [-0.2, 0) is 16.6 Å². The summed E-state index contributed by atoms with van der Waals surface area (Å²) in [5, 5.41) is 9.46. The first-order valence-corrected chi connectivity index (χ1v) is 9.82. The highest BCUT2D eigenvalue weighted by Crippen LogP contribution is 2.29. The van der Waals surface area contributed by atoms with Crippen molar-refractivity contribution in [3.63, 3.8) is 0 Å². The maximum atomic E-state index is 12.5. The summed E-state index contributed by atoms with van der Waals surface area (Å²) in [6.45, 7) is 2.29. The van der Waals surface area contributed by atoms with E-state index in [1.807, 2.05) is 0 Å². The van der Waals surface area contributed by atoms with Crippen LogP contribution in [0.25, 0.3) is 0 Å². The van der Waals surface area contributed by atoms with Crippen molar-refractivity contribution >= 4 is 16.0 Å². The molecule has 0 radical (unpaired) electrons. The molecule has 2 aliphatic carbocycles. The fraction of sp³-hybridized carbons (Fsp3) is 0.688. The Bertz CT molecular complexity index is 698. The Hall–Kier alpha value is -1.34. The van der Waals surface area contributed by atoms with Gasteiger partial charge in [0.05, 0.1) is 0 Å². The van der Waals surface area contributed by atoms with Gasteiger partial charge in [-0.05, 0) is 44.6 Å². The Balaban J connectivity index is 1.92. The van der Waals surface area contributed by atoms with E-state index in [1.165, 1.54) is 25.3 Å². The van der Waals surface area contributed by atoms with Crippen LogP contribution in [0.3, 0.4) is 0 Å². The number of aromatic nitrogens is 1.